The van der Waals surface area contributed by atoms with Crippen LogP contribution in [0.1, 0.15) is 21.6 Å². The Morgan fingerprint density at radius 1 is 0.926 bits per heavy atom. The third-order valence-electron chi connectivity index (χ3n) is 3.90. The van der Waals surface area contributed by atoms with Gasteiger partial charge in [-0.1, -0.05) is 48.5 Å². The summed E-state index contributed by atoms with van der Waals surface area (Å²) in [5.74, 6) is -0.223. The topological polar surface area (TPSA) is 83.2 Å². The standard InChI is InChI=1S/C21H19N3O3/c1-27-19-12-6-5-10-16(19)14-17(15-8-3-2-4-9-15)20(25)23-24-21(26)18-11-7-13-22-18/h2-14,22H,1H3,(H,23,25)(H,24,26)/b17-14+. The Labute approximate surface area is 156 Å². The zero-order chi connectivity index (χ0) is 19.1. The maximum atomic E-state index is 12.8. The number of hydrogen-bond acceptors (Lipinski definition) is 3. The molecule has 0 spiro atoms. The minimum atomic E-state index is -0.438. The van der Waals surface area contributed by atoms with E-state index in [-0.39, 0.29) is 0 Å². The first-order valence-corrected chi connectivity index (χ1v) is 8.33. The summed E-state index contributed by atoms with van der Waals surface area (Å²) < 4.78 is 5.36. The van der Waals surface area contributed by atoms with Crippen molar-refractivity contribution in [2.24, 2.45) is 0 Å². The molecule has 0 saturated heterocycles. The van der Waals surface area contributed by atoms with Gasteiger partial charge in [0.1, 0.15) is 11.4 Å². The van der Waals surface area contributed by atoms with E-state index < -0.39 is 11.8 Å². The highest BCUT2D eigenvalue weighted by molar-refractivity contribution is 6.24. The van der Waals surface area contributed by atoms with Gasteiger partial charge in [-0.2, -0.15) is 0 Å². The number of carbonyl (C=O) groups is 2. The van der Waals surface area contributed by atoms with Gasteiger partial charge < -0.3 is 9.72 Å². The summed E-state index contributed by atoms with van der Waals surface area (Å²) in [7, 11) is 1.57. The number of amides is 2. The molecule has 0 saturated carbocycles. The number of H-pyrrole nitrogens is 1. The molecule has 0 bridgehead atoms. The lowest BCUT2D eigenvalue weighted by Gasteiger charge is -2.11. The van der Waals surface area contributed by atoms with Crippen molar-refractivity contribution in [1.82, 2.24) is 15.8 Å². The van der Waals surface area contributed by atoms with Crippen molar-refractivity contribution in [2.45, 2.75) is 0 Å². The normalized spacial score (nSPS) is 10.9. The molecule has 27 heavy (non-hydrogen) atoms. The summed E-state index contributed by atoms with van der Waals surface area (Å²) in [6.45, 7) is 0. The van der Waals surface area contributed by atoms with Gasteiger partial charge in [-0.05, 0) is 29.8 Å². The number of rotatable bonds is 5. The molecule has 1 aromatic heterocycles. The lowest BCUT2D eigenvalue weighted by Crippen LogP contribution is -2.42. The molecule has 6 heteroatoms. The second-order valence-corrected chi connectivity index (χ2v) is 5.66. The van der Waals surface area contributed by atoms with E-state index in [1.165, 1.54) is 0 Å². The monoisotopic (exact) mass is 361 g/mol. The summed E-state index contributed by atoms with van der Waals surface area (Å²) in [6.07, 6.45) is 3.36. The van der Waals surface area contributed by atoms with E-state index in [2.05, 4.69) is 15.8 Å². The first kappa shape index (κ1) is 18.0. The lowest BCUT2D eigenvalue weighted by atomic mass is 10.0. The maximum Gasteiger partial charge on any atom is 0.286 e. The number of nitrogens with one attached hydrogen (secondary N) is 3. The first-order chi connectivity index (χ1) is 13.2. The SMILES string of the molecule is COc1ccccc1/C=C(/C(=O)NNC(=O)c1ccc[nH]1)c1ccccc1. The molecule has 0 aliphatic heterocycles. The number of aromatic amines is 1. The van der Waals surface area contributed by atoms with Crippen LogP contribution in [0.2, 0.25) is 0 Å². The van der Waals surface area contributed by atoms with E-state index in [1.54, 1.807) is 31.5 Å². The van der Waals surface area contributed by atoms with Crippen molar-refractivity contribution in [3.05, 3.63) is 89.7 Å². The van der Waals surface area contributed by atoms with Gasteiger partial charge in [-0.25, -0.2) is 0 Å². The molecule has 0 aliphatic carbocycles. The minimum absolute atomic E-state index is 0.352. The second kappa shape index (κ2) is 8.53. The van der Waals surface area contributed by atoms with E-state index in [0.717, 1.165) is 11.1 Å². The Bertz CT molecular complexity index is 948. The zero-order valence-corrected chi connectivity index (χ0v) is 14.7. The number of para-hydroxylation sites is 1. The number of benzene rings is 2. The molecule has 3 rings (SSSR count). The van der Waals surface area contributed by atoms with Crippen LogP contribution in [0.15, 0.2) is 72.9 Å². The van der Waals surface area contributed by atoms with Gasteiger partial charge in [0.15, 0.2) is 0 Å². The predicted octanol–water partition coefficient (Wildman–Crippen LogP) is 3.03. The van der Waals surface area contributed by atoms with Crippen molar-refractivity contribution in [3.8, 4) is 5.75 Å². The summed E-state index contributed by atoms with van der Waals surface area (Å²) in [5.41, 5.74) is 7.09. The zero-order valence-electron chi connectivity index (χ0n) is 14.7. The van der Waals surface area contributed by atoms with Gasteiger partial charge in [-0.3, -0.25) is 20.4 Å². The van der Waals surface area contributed by atoms with E-state index in [4.69, 9.17) is 4.74 Å². The van der Waals surface area contributed by atoms with Crippen molar-refractivity contribution in [2.75, 3.05) is 7.11 Å². The fourth-order valence-corrected chi connectivity index (χ4v) is 2.56. The third-order valence-corrected chi connectivity index (χ3v) is 3.90. The molecule has 0 fully saturated rings. The molecule has 0 aliphatic rings. The van der Waals surface area contributed by atoms with Crippen molar-refractivity contribution < 1.29 is 14.3 Å². The number of hydrogen-bond donors (Lipinski definition) is 3. The van der Waals surface area contributed by atoms with Crippen LogP contribution in [0, 0.1) is 0 Å². The Hall–Kier alpha value is -3.80. The van der Waals surface area contributed by atoms with Crippen LogP contribution in [0.5, 0.6) is 5.75 Å². The van der Waals surface area contributed by atoms with Crippen LogP contribution in [-0.4, -0.2) is 23.9 Å². The average Bonchev–Trinajstić information content (AvgIpc) is 3.26. The van der Waals surface area contributed by atoms with Gasteiger partial charge in [0.25, 0.3) is 11.8 Å². The number of carbonyl (C=O) groups excluding carboxylic acids is 2. The fourth-order valence-electron chi connectivity index (χ4n) is 2.56. The maximum absolute atomic E-state index is 12.8. The average molecular weight is 361 g/mol. The molecule has 2 aromatic carbocycles. The Morgan fingerprint density at radius 2 is 1.67 bits per heavy atom. The summed E-state index contributed by atoms with van der Waals surface area (Å²) in [5, 5.41) is 0. The van der Waals surface area contributed by atoms with Crippen LogP contribution < -0.4 is 15.6 Å². The molecule has 6 nitrogen and oxygen atoms in total. The van der Waals surface area contributed by atoms with Crippen molar-refractivity contribution >= 4 is 23.5 Å². The first-order valence-electron chi connectivity index (χ1n) is 8.33. The highest BCUT2D eigenvalue weighted by atomic mass is 16.5. The smallest absolute Gasteiger partial charge is 0.286 e. The van der Waals surface area contributed by atoms with Crippen LogP contribution in [-0.2, 0) is 4.79 Å². The number of hydrazine groups is 1. The highest BCUT2D eigenvalue weighted by Crippen LogP contribution is 2.24. The molecule has 3 aromatic rings. The summed E-state index contributed by atoms with van der Waals surface area (Å²) in [4.78, 5) is 27.6. The Kier molecular flexibility index (Phi) is 5.69. The van der Waals surface area contributed by atoms with Crippen LogP contribution >= 0.6 is 0 Å². The predicted molar refractivity (Wildman–Crippen MR) is 104 cm³/mol. The summed E-state index contributed by atoms with van der Waals surface area (Å²) >= 11 is 0. The molecule has 0 atom stereocenters. The van der Waals surface area contributed by atoms with Gasteiger partial charge in [-0.15, -0.1) is 0 Å². The van der Waals surface area contributed by atoms with E-state index in [0.29, 0.717) is 17.0 Å². The van der Waals surface area contributed by atoms with Crippen molar-refractivity contribution in [3.63, 3.8) is 0 Å². The lowest BCUT2D eigenvalue weighted by molar-refractivity contribution is -0.116. The molecule has 2 amide bonds. The van der Waals surface area contributed by atoms with Gasteiger partial charge in [0.2, 0.25) is 0 Å². The number of methoxy groups -OCH3 is 1. The van der Waals surface area contributed by atoms with Crippen LogP contribution in [0.4, 0.5) is 0 Å². The van der Waals surface area contributed by atoms with E-state index in [1.807, 2.05) is 54.6 Å². The van der Waals surface area contributed by atoms with Gasteiger partial charge in [0.05, 0.1) is 7.11 Å². The molecule has 0 unspecified atom stereocenters. The van der Waals surface area contributed by atoms with Crippen LogP contribution in [0.3, 0.4) is 0 Å². The van der Waals surface area contributed by atoms with Crippen LogP contribution in [0.25, 0.3) is 11.6 Å². The molecule has 3 N–H and O–H groups in total. The minimum Gasteiger partial charge on any atom is -0.496 e. The molecular formula is C21H19N3O3. The highest BCUT2D eigenvalue weighted by Gasteiger charge is 2.15. The molecule has 0 radical (unpaired) electrons. The van der Waals surface area contributed by atoms with Crippen molar-refractivity contribution in [1.29, 1.82) is 0 Å². The van der Waals surface area contributed by atoms with E-state index in [9.17, 15) is 9.59 Å². The largest absolute Gasteiger partial charge is 0.496 e. The Morgan fingerprint density at radius 3 is 2.37 bits per heavy atom. The van der Waals surface area contributed by atoms with Gasteiger partial charge >= 0.3 is 0 Å². The summed E-state index contributed by atoms with van der Waals surface area (Å²) in [6, 6.07) is 19.9. The molecular weight excluding hydrogens is 342 g/mol. The fraction of sp³-hybridized carbons (Fsp3) is 0.0476. The molecule has 136 valence electrons. The number of aromatic nitrogens is 1. The van der Waals surface area contributed by atoms with Gasteiger partial charge in [0, 0.05) is 17.3 Å². The number of ether oxygens (including phenoxy) is 1. The molecule has 1 heterocycles. The van der Waals surface area contributed by atoms with E-state index >= 15 is 0 Å². The quantitative estimate of drug-likeness (QED) is 0.371. The second-order valence-electron chi connectivity index (χ2n) is 5.66. The Balaban J connectivity index is 1.87. The third kappa shape index (κ3) is 4.43.